The molecule has 1 aliphatic rings. The second kappa shape index (κ2) is 3.86. The van der Waals surface area contributed by atoms with Crippen LogP contribution in [0, 0.1) is 11.6 Å². The van der Waals surface area contributed by atoms with Crippen molar-refractivity contribution in [1.82, 2.24) is 0 Å². The van der Waals surface area contributed by atoms with Crippen LogP contribution in [0.5, 0.6) is 0 Å². The molecule has 1 atom stereocenters. The minimum absolute atomic E-state index is 0.274. The first kappa shape index (κ1) is 10.5. The fourth-order valence-corrected chi connectivity index (χ4v) is 1.97. The highest BCUT2D eigenvalue weighted by Gasteiger charge is 2.12. The molecule has 1 unspecified atom stereocenters. The van der Waals surface area contributed by atoms with Gasteiger partial charge in [-0.1, -0.05) is 17.7 Å². The van der Waals surface area contributed by atoms with Crippen LogP contribution < -0.4 is 5.30 Å². The minimum atomic E-state index is -0.789. The summed E-state index contributed by atoms with van der Waals surface area (Å²) >= 11 is 0. The van der Waals surface area contributed by atoms with Crippen LogP contribution in [0.25, 0.3) is 5.57 Å². The van der Waals surface area contributed by atoms with Crippen LogP contribution in [-0.2, 0) is 0 Å². The number of rotatable bonds is 1. The minimum Gasteiger partial charge on any atom is -0.204 e. The molecule has 78 valence electrons. The van der Waals surface area contributed by atoms with Gasteiger partial charge in [0.2, 0.25) is 0 Å². The van der Waals surface area contributed by atoms with Gasteiger partial charge in [-0.2, -0.15) is 0 Å². The van der Waals surface area contributed by atoms with Gasteiger partial charge >= 0.3 is 0 Å². The predicted molar refractivity (Wildman–Crippen MR) is 62.1 cm³/mol. The van der Waals surface area contributed by atoms with Crippen molar-refractivity contribution >= 4 is 20.1 Å². The number of halogens is 2. The maximum Gasteiger partial charge on any atom is 0.165 e. The van der Waals surface area contributed by atoms with Gasteiger partial charge in [0.1, 0.15) is 0 Å². The molecule has 0 heterocycles. The summed E-state index contributed by atoms with van der Waals surface area (Å²) in [6, 6.07) is 2.91. The molecule has 0 bridgehead atoms. The Morgan fingerprint density at radius 1 is 1.20 bits per heavy atom. The van der Waals surface area contributed by atoms with E-state index >= 15 is 0 Å². The monoisotopic (exact) mass is 224 g/mol. The van der Waals surface area contributed by atoms with Gasteiger partial charge in [0.15, 0.2) is 11.6 Å². The summed E-state index contributed by atoms with van der Waals surface area (Å²) in [4.78, 5) is 0. The Morgan fingerprint density at radius 3 is 2.47 bits per heavy atom. The standard InChI is InChI=1S/C12H11F2P/c1-7-2-3-8(4-7)9-5-10(13)12(14)11(15)6-9/h2-3,5-6H,4,15H2,1H3. The molecule has 0 aromatic heterocycles. The van der Waals surface area contributed by atoms with Crippen molar-refractivity contribution in [3.05, 3.63) is 47.1 Å². The van der Waals surface area contributed by atoms with E-state index in [0.29, 0.717) is 0 Å². The van der Waals surface area contributed by atoms with Crippen LogP contribution in [0.15, 0.2) is 29.9 Å². The zero-order chi connectivity index (χ0) is 11.0. The van der Waals surface area contributed by atoms with Crippen LogP contribution in [0.4, 0.5) is 8.78 Å². The van der Waals surface area contributed by atoms with E-state index in [2.05, 4.69) is 9.24 Å². The van der Waals surface area contributed by atoms with Crippen molar-refractivity contribution in [2.75, 3.05) is 0 Å². The van der Waals surface area contributed by atoms with E-state index in [1.165, 1.54) is 11.6 Å². The third-order valence-corrected chi connectivity index (χ3v) is 2.89. The fraction of sp³-hybridized carbons (Fsp3) is 0.167. The van der Waals surface area contributed by atoms with Crippen molar-refractivity contribution in [1.29, 1.82) is 0 Å². The molecule has 0 spiro atoms. The lowest BCUT2D eigenvalue weighted by Gasteiger charge is -2.06. The topological polar surface area (TPSA) is 0 Å². The lowest BCUT2D eigenvalue weighted by Crippen LogP contribution is -2.03. The number of hydrogen-bond donors (Lipinski definition) is 0. The first-order chi connectivity index (χ1) is 7.08. The average molecular weight is 224 g/mol. The molecule has 0 fully saturated rings. The van der Waals surface area contributed by atoms with E-state index in [4.69, 9.17) is 0 Å². The average Bonchev–Trinajstić information content (AvgIpc) is 2.60. The molecule has 2 rings (SSSR count). The number of allylic oxidation sites excluding steroid dienone is 4. The molecule has 1 aromatic rings. The van der Waals surface area contributed by atoms with Gasteiger partial charge in [-0.25, -0.2) is 8.78 Å². The summed E-state index contributed by atoms with van der Waals surface area (Å²) in [5, 5.41) is 0.274. The van der Waals surface area contributed by atoms with E-state index in [-0.39, 0.29) is 5.30 Å². The van der Waals surface area contributed by atoms with Crippen LogP contribution >= 0.6 is 9.24 Å². The fourth-order valence-electron chi connectivity index (χ4n) is 1.66. The van der Waals surface area contributed by atoms with Crippen LogP contribution in [0.1, 0.15) is 18.9 Å². The van der Waals surface area contributed by atoms with Crippen LogP contribution in [0.3, 0.4) is 0 Å². The van der Waals surface area contributed by atoms with Crippen molar-refractivity contribution in [2.45, 2.75) is 13.3 Å². The third kappa shape index (κ3) is 2.00. The molecule has 1 aliphatic carbocycles. The van der Waals surface area contributed by atoms with Gasteiger partial charge in [0.05, 0.1) is 0 Å². The Kier molecular flexibility index (Phi) is 2.70. The summed E-state index contributed by atoms with van der Waals surface area (Å²) < 4.78 is 26.2. The summed E-state index contributed by atoms with van der Waals surface area (Å²) in [5.74, 6) is -1.57. The van der Waals surface area contributed by atoms with Gasteiger partial charge in [-0.05, 0) is 36.6 Å². The molecule has 0 radical (unpaired) electrons. The zero-order valence-corrected chi connectivity index (χ0v) is 9.50. The largest absolute Gasteiger partial charge is 0.204 e. The normalized spacial score (nSPS) is 15.2. The number of benzene rings is 1. The highest BCUT2D eigenvalue weighted by atomic mass is 31.0. The molecule has 0 saturated carbocycles. The molecule has 0 amide bonds. The molecule has 0 nitrogen and oxygen atoms in total. The van der Waals surface area contributed by atoms with Gasteiger partial charge < -0.3 is 0 Å². The smallest absolute Gasteiger partial charge is 0.165 e. The first-order valence-electron chi connectivity index (χ1n) is 4.69. The van der Waals surface area contributed by atoms with E-state index in [1.807, 2.05) is 19.1 Å². The van der Waals surface area contributed by atoms with Gasteiger partial charge in [0.25, 0.3) is 0 Å². The summed E-state index contributed by atoms with van der Waals surface area (Å²) in [6.07, 6.45) is 4.76. The Labute approximate surface area is 89.9 Å². The van der Waals surface area contributed by atoms with E-state index in [9.17, 15) is 8.78 Å². The third-order valence-electron chi connectivity index (χ3n) is 2.47. The van der Waals surface area contributed by atoms with Gasteiger partial charge in [-0.15, -0.1) is 9.24 Å². The second-order valence-corrected chi connectivity index (χ2v) is 4.36. The maximum atomic E-state index is 13.2. The van der Waals surface area contributed by atoms with Crippen molar-refractivity contribution in [2.24, 2.45) is 0 Å². The Morgan fingerprint density at radius 2 is 1.93 bits per heavy atom. The van der Waals surface area contributed by atoms with E-state index < -0.39 is 11.6 Å². The molecular formula is C12H11F2P. The summed E-state index contributed by atoms with van der Waals surface area (Å²) in [7, 11) is 2.21. The molecule has 0 aliphatic heterocycles. The Balaban J connectivity index is 2.40. The highest BCUT2D eigenvalue weighted by Crippen LogP contribution is 2.28. The van der Waals surface area contributed by atoms with Gasteiger partial charge in [0, 0.05) is 5.30 Å². The molecule has 1 aromatic carbocycles. The molecule has 3 heteroatoms. The van der Waals surface area contributed by atoms with Crippen molar-refractivity contribution in [3.63, 3.8) is 0 Å². The van der Waals surface area contributed by atoms with Crippen molar-refractivity contribution in [3.8, 4) is 0 Å². The molecule has 0 saturated heterocycles. The molecule has 15 heavy (non-hydrogen) atoms. The SMILES string of the molecule is CC1=CC=C(c2cc(F)c(F)c(P)c2)C1. The van der Waals surface area contributed by atoms with Crippen molar-refractivity contribution < 1.29 is 8.78 Å². The first-order valence-corrected chi connectivity index (χ1v) is 5.27. The summed E-state index contributed by atoms with van der Waals surface area (Å²) in [6.45, 7) is 2.02. The van der Waals surface area contributed by atoms with Crippen LogP contribution in [-0.4, -0.2) is 0 Å². The lowest BCUT2D eigenvalue weighted by molar-refractivity contribution is 0.514. The number of hydrogen-bond acceptors (Lipinski definition) is 0. The second-order valence-electron chi connectivity index (χ2n) is 3.74. The Bertz CT molecular complexity index is 450. The summed E-state index contributed by atoms with van der Waals surface area (Å²) in [5.41, 5.74) is 3.03. The van der Waals surface area contributed by atoms with Gasteiger partial charge in [-0.3, -0.25) is 0 Å². The maximum absolute atomic E-state index is 13.2. The predicted octanol–water partition coefficient (Wildman–Crippen LogP) is 3.20. The quantitative estimate of drug-likeness (QED) is 0.642. The lowest BCUT2D eigenvalue weighted by atomic mass is 10.0. The van der Waals surface area contributed by atoms with E-state index in [0.717, 1.165) is 17.6 Å². The Hall–Kier alpha value is -1.01. The highest BCUT2D eigenvalue weighted by molar-refractivity contribution is 7.27. The zero-order valence-electron chi connectivity index (χ0n) is 8.35. The molecule has 0 N–H and O–H groups in total. The van der Waals surface area contributed by atoms with Crippen LogP contribution in [0.2, 0.25) is 0 Å². The molecular weight excluding hydrogens is 213 g/mol. The van der Waals surface area contributed by atoms with E-state index in [1.54, 1.807) is 6.07 Å².